The summed E-state index contributed by atoms with van der Waals surface area (Å²) in [7, 11) is -6.94. The number of sulfone groups is 1. The Kier molecular flexibility index (Phi) is 5.53. The van der Waals surface area contributed by atoms with Crippen LogP contribution in [0.15, 0.2) is 104 Å². The van der Waals surface area contributed by atoms with Crippen molar-refractivity contribution >= 4 is 31.4 Å². The van der Waals surface area contributed by atoms with Gasteiger partial charge in [-0.3, -0.25) is 4.79 Å². The van der Waals surface area contributed by atoms with Crippen LogP contribution in [-0.4, -0.2) is 35.4 Å². The van der Waals surface area contributed by atoms with Crippen molar-refractivity contribution in [2.45, 2.75) is 9.79 Å². The number of ketones is 1. The number of fused-ring (bicyclic) bond motifs is 1. The molecule has 0 unspecified atom stereocenters. The van der Waals surface area contributed by atoms with Crippen molar-refractivity contribution in [2.24, 2.45) is 4.40 Å². The van der Waals surface area contributed by atoms with Crippen LogP contribution in [0.5, 0.6) is 5.75 Å². The van der Waals surface area contributed by atoms with Crippen molar-refractivity contribution in [2.75, 3.05) is 7.11 Å². The number of sulfonamides is 1. The zero-order valence-electron chi connectivity index (χ0n) is 16.8. The summed E-state index contributed by atoms with van der Waals surface area (Å²) < 4.78 is 61.1. The van der Waals surface area contributed by atoms with Crippen LogP contribution in [-0.2, 0) is 19.9 Å². The third-order valence-corrected chi connectivity index (χ3v) is 7.94. The highest BCUT2D eigenvalue weighted by Gasteiger charge is 2.34. The number of Topliss-reactive ketones (excluding diaryl/α,β-unsaturated/α-hetero) is 1. The molecule has 0 heterocycles. The summed E-state index contributed by atoms with van der Waals surface area (Å²) in [5.41, 5.74) is 0.167. The molecule has 1 aliphatic carbocycles. The minimum atomic E-state index is -4.20. The van der Waals surface area contributed by atoms with Gasteiger partial charge in [0.2, 0.25) is 15.6 Å². The monoisotopic (exact) mass is 467 g/mol. The zero-order chi connectivity index (χ0) is 22.9. The number of methoxy groups -OCH3 is 1. The third kappa shape index (κ3) is 3.88. The van der Waals surface area contributed by atoms with Crippen LogP contribution in [0.3, 0.4) is 0 Å². The molecule has 0 saturated heterocycles. The molecule has 32 heavy (non-hydrogen) atoms. The van der Waals surface area contributed by atoms with E-state index >= 15 is 0 Å². The second-order valence-electron chi connectivity index (χ2n) is 6.83. The fourth-order valence-corrected chi connectivity index (χ4v) is 5.62. The Labute approximate surface area is 185 Å². The van der Waals surface area contributed by atoms with Crippen LogP contribution >= 0.6 is 0 Å². The third-order valence-electron chi connectivity index (χ3n) is 4.86. The standard InChI is InChI=1S/C23H17NO6S2/c1-30-16-11-13-18(14-12-16)32(28,29)24-21-15-22(23(25)20-10-6-5-9-19(20)21)31(26,27)17-7-3-2-4-8-17/h2-15H,1H3/b24-21+. The molecule has 1 aliphatic rings. The quantitative estimate of drug-likeness (QED) is 0.569. The molecule has 9 heteroatoms. The average molecular weight is 468 g/mol. The highest BCUT2D eigenvalue weighted by atomic mass is 32.2. The Hall–Kier alpha value is -3.56. The van der Waals surface area contributed by atoms with Crippen LogP contribution in [0.25, 0.3) is 0 Å². The Morgan fingerprint density at radius 3 is 1.94 bits per heavy atom. The summed E-state index contributed by atoms with van der Waals surface area (Å²) >= 11 is 0. The van der Waals surface area contributed by atoms with Gasteiger partial charge in [-0.05, 0) is 42.5 Å². The van der Waals surface area contributed by atoms with Gasteiger partial charge in [0.1, 0.15) is 10.7 Å². The predicted molar refractivity (Wildman–Crippen MR) is 119 cm³/mol. The van der Waals surface area contributed by atoms with E-state index in [1.165, 1.54) is 67.8 Å². The molecule has 0 aromatic heterocycles. The fourth-order valence-electron chi connectivity index (χ4n) is 3.24. The number of ether oxygens (including phenoxy) is 1. The molecular formula is C23H17NO6S2. The summed E-state index contributed by atoms with van der Waals surface area (Å²) in [6.45, 7) is 0. The SMILES string of the molecule is COc1ccc(S(=O)(=O)/N=C2\C=C(S(=O)(=O)c3ccccc3)C(=O)c3ccccc32)cc1. The van der Waals surface area contributed by atoms with Gasteiger partial charge in [-0.1, -0.05) is 42.5 Å². The van der Waals surface area contributed by atoms with Crippen molar-refractivity contribution in [1.29, 1.82) is 0 Å². The van der Waals surface area contributed by atoms with Crippen LogP contribution in [0.2, 0.25) is 0 Å². The Morgan fingerprint density at radius 2 is 1.31 bits per heavy atom. The first-order chi connectivity index (χ1) is 15.2. The number of benzene rings is 3. The van der Waals surface area contributed by atoms with Crippen molar-refractivity contribution in [3.8, 4) is 5.75 Å². The Bertz CT molecular complexity index is 1470. The van der Waals surface area contributed by atoms with Gasteiger partial charge in [0.25, 0.3) is 10.0 Å². The Morgan fingerprint density at radius 1 is 0.719 bits per heavy atom. The van der Waals surface area contributed by atoms with Gasteiger partial charge in [-0.25, -0.2) is 8.42 Å². The molecule has 162 valence electrons. The molecule has 3 aromatic carbocycles. The maximum Gasteiger partial charge on any atom is 0.282 e. The van der Waals surface area contributed by atoms with E-state index in [1.807, 2.05) is 0 Å². The summed E-state index contributed by atoms with van der Waals surface area (Å²) in [6.07, 6.45) is 1.02. The van der Waals surface area contributed by atoms with Crippen LogP contribution < -0.4 is 4.74 Å². The van der Waals surface area contributed by atoms with E-state index < -0.39 is 30.5 Å². The summed E-state index contributed by atoms with van der Waals surface area (Å²) in [5.74, 6) is -0.244. The number of allylic oxidation sites excluding steroid dienone is 2. The van der Waals surface area contributed by atoms with E-state index in [0.717, 1.165) is 6.08 Å². The minimum absolute atomic E-state index is 0.0631. The summed E-state index contributed by atoms with van der Waals surface area (Å²) in [5, 5.41) is 0. The number of hydrogen-bond donors (Lipinski definition) is 0. The Balaban J connectivity index is 1.90. The molecular weight excluding hydrogens is 450 g/mol. The molecule has 0 atom stereocenters. The van der Waals surface area contributed by atoms with Crippen molar-refractivity contribution in [3.05, 3.63) is 101 Å². The van der Waals surface area contributed by atoms with Gasteiger partial charge in [0, 0.05) is 11.1 Å². The van der Waals surface area contributed by atoms with E-state index in [0.29, 0.717) is 5.75 Å². The van der Waals surface area contributed by atoms with Gasteiger partial charge in [0.05, 0.1) is 22.6 Å². The van der Waals surface area contributed by atoms with Crippen LogP contribution in [0, 0.1) is 0 Å². The lowest BCUT2D eigenvalue weighted by atomic mass is 9.94. The van der Waals surface area contributed by atoms with E-state index in [2.05, 4.69) is 4.40 Å². The number of rotatable bonds is 5. The maximum absolute atomic E-state index is 13.2. The highest BCUT2D eigenvalue weighted by Crippen LogP contribution is 2.30. The first-order valence-corrected chi connectivity index (χ1v) is 12.3. The first kappa shape index (κ1) is 21.7. The lowest BCUT2D eigenvalue weighted by Gasteiger charge is -2.17. The van der Waals surface area contributed by atoms with E-state index in [9.17, 15) is 21.6 Å². The van der Waals surface area contributed by atoms with Crippen molar-refractivity contribution < 1.29 is 26.4 Å². The number of carbonyl (C=O) groups excluding carboxylic acids is 1. The molecule has 0 fully saturated rings. The van der Waals surface area contributed by atoms with Crippen molar-refractivity contribution in [1.82, 2.24) is 0 Å². The zero-order valence-corrected chi connectivity index (χ0v) is 18.4. The second-order valence-corrected chi connectivity index (χ2v) is 10.3. The van der Waals surface area contributed by atoms with E-state index in [4.69, 9.17) is 4.74 Å². The molecule has 0 N–H and O–H groups in total. The number of carbonyl (C=O) groups is 1. The number of nitrogens with zero attached hydrogens (tertiary/aromatic N) is 1. The van der Waals surface area contributed by atoms with Crippen LogP contribution in [0.4, 0.5) is 0 Å². The molecule has 0 radical (unpaired) electrons. The lowest BCUT2D eigenvalue weighted by molar-refractivity contribution is 0.104. The maximum atomic E-state index is 13.2. The lowest BCUT2D eigenvalue weighted by Crippen LogP contribution is -2.23. The molecule has 0 saturated carbocycles. The molecule has 4 rings (SSSR count). The smallest absolute Gasteiger partial charge is 0.282 e. The van der Waals surface area contributed by atoms with Gasteiger partial charge in [-0.15, -0.1) is 0 Å². The first-order valence-electron chi connectivity index (χ1n) is 9.39. The molecule has 0 spiro atoms. The van der Waals surface area contributed by atoms with E-state index in [-0.39, 0.29) is 26.6 Å². The van der Waals surface area contributed by atoms with Crippen molar-refractivity contribution in [3.63, 3.8) is 0 Å². The van der Waals surface area contributed by atoms with Gasteiger partial charge in [-0.2, -0.15) is 12.8 Å². The fraction of sp³-hybridized carbons (Fsp3) is 0.0435. The van der Waals surface area contributed by atoms with Gasteiger partial charge < -0.3 is 4.74 Å². The molecule has 0 aliphatic heterocycles. The summed E-state index contributed by atoms with van der Waals surface area (Å²) in [6, 6.07) is 19.3. The average Bonchev–Trinajstić information content (AvgIpc) is 2.81. The topological polar surface area (TPSA) is 107 Å². The highest BCUT2D eigenvalue weighted by molar-refractivity contribution is 7.96. The van der Waals surface area contributed by atoms with Crippen LogP contribution in [0.1, 0.15) is 15.9 Å². The molecule has 3 aromatic rings. The molecule has 7 nitrogen and oxygen atoms in total. The molecule has 0 amide bonds. The summed E-state index contributed by atoms with van der Waals surface area (Å²) in [4.78, 5) is 12.3. The van der Waals surface area contributed by atoms with E-state index in [1.54, 1.807) is 18.2 Å². The predicted octanol–water partition coefficient (Wildman–Crippen LogP) is 3.43. The second kappa shape index (κ2) is 8.18. The van der Waals surface area contributed by atoms with Gasteiger partial charge >= 0.3 is 0 Å². The minimum Gasteiger partial charge on any atom is -0.497 e. The largest absolute Gasteiger partial charge is 0.497 e. The molecule has 0 bridgehead atoms. The van der Waals surface area contributed by atoms with Gasteiger partial charge in [0.15, 0.2) is 0 Å². The normalized spacial score (nSPS) is 15.2. The number of hydrogen-bond acceptors (Lipinski definition) is 6.